The average molecular weight is 1460 g/mol. The molecule has 10 heteroatoms. The first kappa shape index (κ1) is 100. The molecule has 0 aromatic heterocycles. The van der Waals surface area contributed by atoms with Crippen LogP contribution < -0.4 is 5.73 Å². The van der Waals surface area contributed by atoms with E-state index in [0.717, 1.165) is 44.9 Å². The van der Waals surface area contributed by atoms with Crippen LogP contribution in [0.15, 0.2) is 36.5 Å². The fourth-order valence-corrected chi connectivity index (χ4v) is 15.2. The second kappa shape index (κ2) is 88.1. The first-order chi connectivity index (χ1) is 50.3. The smallest absolute Gasteiger partial charge is 0.462 e. The summed E-state index contributed by atoms with van der Waals surface area (Å²) in [5.74, 6) is -0.796. The number of rotatable bonds is 89. The molecule has 9 nitrogen and oxygen atoms in total. The van der Waals surface area contributed by atoms with E-state index in [0.29, 0.717) is 6.42 Å². The number of unbranched alkanes of at least 4 members (excludes halogenated alkanes) is 70. The van der Waals surface area contributed by atoms with Gasteiger partial charge in [0, 0.05) is 19.4 Å². The lowest BCUT2D eigenvalue weighted by molar-refractivity contribution is -0.161. The number of nitrogens with two attached hydrogens (primary N) is 1. The monoisotopic (exact) mass is 1460 g/mol. The van der Waals surface area contributed by atoms with Crippen LogP contribution >= 0.6 is 7.82 Å². The molecule has 0 saturated heterocycles. The number of ether oxygens (including phenoxy) is 2. The molecule has 0 amide bonds. The van der Waals surface area contributed by atoms with E-state index in [-0.39, 0.29) is 38.6 Å². The van der Waals surface area contributed by atoms with Crippen LogP contribution in [0.5, 0.6) is 0 Å². The van der Waals surface area contributed by atoms with Crippen LogP contribution in [0.1, 0.15) is 508 Å². The summed E-state index contributed by atoms with van der Waals surface area (Å²) in [7, 11) is -4.40. The fraction of sp³-hybridized carbons (Fsp3) is 0.913. The minimum Gasteiger partial charge on any atom is -0.462 e. The highest BCUT2D eigenvalue weighted by molar-refractivity contribution is 7.47. The van der Waals surface area contributed by atoms with Crippen molar-refractivity contribution in [2.45, 2.75) is 514 Å². The van der Waals surface area contributed by atoms with E-state index in [1.54, 1.807) is 0 Å². The summed E-state index contributed by atoms with van der Waals surface area (Å²) >= 11 is 0. The number of hydrogen-bond donors (Lipinski definition) is 2. The van der Waals surface area contributed by atoms with E-state index < -0.39 is 26.5 Å². The van der Waals surface area contributed by atoms with Crippen molar-refractivity contribution in [1.82, 2.24) is 0 Å². The van der Waals surface area contributed by atoms with Crippen LogP contribution in [0, 0.1) is 0 Å². The van der Waals surface area contributed by atoms with E-state index in [2.05, 4.69) is 50.3 Å². The number of carbonyl (C=O) groups excluding carboxylic acids is 2. The molecule has 0 saturated carbocycles. The van der Waals surface area contributed by atoms with Crippen molar-refractivity contribution in [3.63, 3.8) is 0 Å². The molecule has 0 aromatic carbocycles. The van der Waals surface area contributed by atoms with Gasteiger partial charge in [-0.25, -0.2) is 4.57 Å². The van der Waals surface area contributed by atoms with Gasteiger partial charge < -0.3 is 20.1 Å². The van der Waals surface area contributed by atoms with Crippen LogP contribution in [-0.4, -0.2) is 49.3 Å². The van der Waals surface area contributed by atoms with Crippen molar-refractivity contribution in [2.75, 3.05) is 26.4 Å². The molecule has 0 aromatic rings. The number of allylic oxidation sites excluding steroid dienone is 6. The number of carbonyl (C=O) groups is 2. The lowest BCUT2D eigenvalue weighted by Gasteiger charge is -2.19. The molecule has 0 heterocycles. The maximum absolute atomic E-state index is 12.8. The van der Waals surface area contributed by atoms with Crippen molar-refractivity contribution in [2.24, 2.45) is 5.73 Å². The van der Waals surface area contributed by atoms with E-state index in [9.17, 15) is 19.0 Å². The largest absolute Gasteiger partial charge is 0.472 e. The van der Waals surface area contributed by atoms with E-state index in [1.807, 2.05) is 0 Å². The predicted octanol–water partition coefficient (Wildman–Crippen LogP) is 31.3. The highest BCUT2D eigenvalue weighted by Gasteiger charge is 2.26. The molecule has 2 atom stereocenters. The topological polar surface area (TPSA) is 134 Å². The van der Waals surface area contributed by atoms with Gasteiger partial charge in [-0.3, -0.25) is 18.6 Å². The predicted molar refractivity (Wildman–Crippen MR) is 446 cm³/mol. The van der Waals surface area contributed by atoms with E-state index >= 15 is 0 Å². The Morgan fingerprint density at radius 3 is 0.755 bits per heavy atom. The number of hydrogen-bond acceptors (Lipinski definition) is 8. The zero-order valence-corrected chi connectivity index (χ0v) is 69.5. The molecule has 604 valence electrons. The van der Waals surface area contributed by atoms with Gasteiger partial charge >= 0.3 is 19.8 Å². The molecule has 3 N–H and O–H groups in total. The van der Waals surface area contributed by atoms with Gasteiger partial charge in [0.1, 0.15) is 6.61 Å². The normalized spacial score (nSPS) is 12.9. The van der Waals surface area contributed by atoms with Crippen molar-refractivity contribution < 1.29 is 37.6 Å². The summed E-state index contributed by atoms with van der Waals surface area (Å²) in [6, 6.07) is 0. The molecule has 0 spiro atoms. The van der Waals surface area contributed by atoms with Gasteiger partial charge in [0.2, 0.25) is 0 Å². The Hall–Kier alpha value is -1.77. The molecular formula is C92H178NO8P. The third-order valence-electron chi connectivity index (χ3n) is 21.3. The van der Waals surface area contributed by atoms with Crippen molar-refractivity contribution in [3.05, 3.63) is 36.5 Å². The molecule has 102 heavy (non-hydrogen) atoms. The summed E-state index contributed by atoms with van der Waals surface area (Å²) in [5.41, 5.74) is 5.43. The standard InChI is InChI=1S/C92H178NO8P/c1-3-5-7-9-11-13-15-17-19-21-23-25-27-29-31-33-35-37-39-41-43-45-47-49-51-53-55-57-59-61-63-65-67-69-71-73-75-77-79-81-83-85-92(95)101-90(89-100-102(96,97)99-87-86-93)88-98-91(94)84-82-80-78-76-74-72-70-68-66-64-62-60-58-56-54-52-50-48-46-44-42-40-38-36-34-32-30-28-26-24-22-20-18-16-14-12-10-8-6-4-2/h15,17,21,23,27,29,90H,3-14,16,18-20,22,24-26,28,30-89,93H2,1-2H3,(H,96,97)/b17-15-,23-21-,29-27-. The van der Waals surface area contributed by atoms with Gasteiger partial charge in [0.15, 0.2) is 6.10 Å². The van der Waals surface area contributed by atoms with Gasteiger partial charge in [-0.05, 0) is 51.4 Å². The molecule has 0 aliphatic carbocycles. The fourth-order valence-electron chi connectivity index (χ4n) is 14.5. The molecular weight excluding hydrogens is 1280 g/mol. The Kier molecular flexibility index (Phi) is 86.6. The van der Waals surface area contributed by atoms with Gasteiger partial charge in [-0.1, -0.05) is 480 Å². The lowest BCUT2D eigenvalue weighted by atomic mass is 10.0. The Morgan fingerprint density at radius 1 is 0.294 bits per heavy atom. The highest BCUT2D eigenvalue weighted by Crippen LogP contribution is 2.43. The minimum atomic E-state index is -4.40. The quantitative estimate of drug-likeness (QED) is 0.0264. The Bertz CT molecular complexity index is 1770. The van der Waals surface area contributed by atoms with Crippen LogP contribution in [0.25, 0.3) is 0 Å². The zero-order valence-electron chi connectivity index (χ0n) is 68.6. The first-order valence-electron chi connectivity index (χ1n) is 46.0. The maximum Gasteiger partial charge on any atom is 0.472 e. The highest BCUT2D eigenvalue weighted by atomic mass is 31.2. The molecule has 0 radical (unpaired) electrons. The summed E-state index contributed by atoms with van der Waals surface area (Å²) < 4.78 is 33.4. The van der Waals surface area contributed by atoms with Crippen molar-refractivity contribution in [3.8, 4) is 0 Å². The Labute approximate surface area is 636 Å². The van der Waals surface area contributed by atoms with Gasteiger partial charge in [0.25, 0.3) is 0 Å². The molecule has 0 aliphatic rings. The average Bonchev–Trinajstić information content (AvgIpc) is 0.948. The van der Waals surface area contributed by atoms with Crippen LogP contribution in [0.2, 0.25) is 0 Å². The molecule has 2 unspecified atom stereocenters. The second-order valence-corrected chi connectivity index (χ2v) is 33.0. The lowest BCUT2D eigenvalue weighted by Crippen LogP contribution is -2.29. The van der Waals surface area contributed by atoms with Gasteiger partial charge in [-0.15, -0.1) is 0 Å². The van der Waals surface area contributed by atoms with Gasteiger partial charge in [0.05, 0.1) is 13.2 Å². The SMILES string of the molecule is CCCCCCC/C=C\C/C=C\C/C=C\CCCCCCCCCCCCCCCCCCCCCCCCCCCCC(=O)OC(COC(=O)CCCCCCCCCCCCCCCCCCCCCCCCCCCCCCCCCCCCCCCCCC)COP(=O)(O)OCCN. The third kappa shape index (κ3) is 87.1. The molecule has 0 fully saturated rings. The van der Waals surface area contributed by atoms with Crippen LogP contribution in [0.4, 0.5) is 0 Å². The number of esters is 2. The zero-order chi connectivity index (χ0) is 73.6. The minimum absolute atomic E-state index is 0.0573. The summed E-state index contributed by atoms with van der Waals surface area (Å²) in [4.78, 5) is 35.5. The first-order valence-corrected chi connectivity index (χ1v) is 47.5. The maximum atomic E-state index is 12.8. The summed E-state index contributed by atoms with van der Waals surface area (Å²) in [6.07, 6.45) is 115. The third-order valence-corrected chi connectivity index (χ3v) is 22.3. The van der Waals surface area contributed by atoms with E-state index in [4.69, 9.17) is 24.3 Å². The number of phosphoric ester groups is 1. The van der Waals surface area contributed by atoms with Crippen LogP contribution in [-0.2, 0) is 32.7 Å². The van der Waals surface area contributed by atoms with E-state index in [1.165, 1.54) is 430 Å². The summed E-state index contributed by atoms with van der Waals surface area (Å²) in [5, 5.41) is 0. The van der Waals surface area contributed by atoms with Gasteiger partial charge in [-0.2, -0.15) is 0 Å². The molecule has 0 bridgehead atoms. The Morgan fingerprint density at radius 2 is 0.510 bits per heavy atom. The molecule has 0 aliphatic heterocycles. The second-order valence-electron chi connectivity index (χ2n) is 31.5. The van der Waals surface area contributed by atoms with Crippen LogP contribution in [0.3, 0.4) is 0 Å². The summed E-state index contributed by atoms with van der Waals surface area (Å²) in [6.45, 7) is 3.84. The van der Waals surface area contributed by atoms with Crippen molar-refractivity contribution in [1.29, 1.82) is 0 Å². The number of phosphoric acid groups is 1. The Balaban J connectivity index is 3.68. The molecule has 0 rings (SSSR count). The van der Waals surface area contributed by atoms with Crippen molar-refractivity contribution >= 4 is 19.8 Å².